The van der Waals surface area contributed by atoms with Gasteiger partial charge in [0.2, 0.25) is 0 Å². The number of hydrogen-bond acceptors (Lipinski definition) is 5. The molecule has 2 rings (SSSR count). The number of benzene rings is 1. The lowest BCUT2D eigenvalue weighted by Gasteiger charge is -2.35. The molecule has 0 saturated carbocycles. The minimum absolute atomic E-state index is 0.311. The fraction of sp³-hybridized carbons (Fsp3) is 0.267. The van der Waals surface area contributed by atoms with Crippen molar-refractivity contribution in [2.75, 3.05) is 0 Å². The van der Waals surface area contributed by atoms with Crippen LogP contribution in [-0.4, -0.2) is 9.07 Å². The maximum absolute atomic E-state index is 9.33. The first-order valence-electron chi connectivity index (χ1n) is 6.09. The second-order valence-corrected chi connectivity index (χ2v) is 6.99. The van der Waals surface area contributed by atoms with E-state index in [0.717, 1.165) is 11.1 Å². The van der Waals surface area contributed by atoms with Crippen molar-refractivity contribution in [1.82, 2.24) is 5.32 Å². The Morgan fingerprint density at radius 3 is 2.50 bits per heavy atom. The first-order chi connectivity index (χ1) is 9.49. The molecule has 1 aromatic rings. The number of nitrogens with one attached hydrogen (secondary N) is 1. The molecule has 0 amide bonds. The molecule has 1 aromatic carbocycles. The van der Waals surface area contributed by atoms with Gasteiger partial charge in [-0.3, -0.25) is 0 Å². The lowest BCUT2D eigenvalue weighted by atomic mass is 10.0. The maximum Gasteiger partial charge on any atom is 0.103 e. The number of rotatable bonds is 2. The molecule has 0 aromatic heterocycles. The van der Waals surface area contributed by atoms with Crippen molar-refractivity contribution in [1.29, 1.82) is 10.5 Å². The predicted molar refractivity (Wildman–Crippen MR) is 85.7 cm³/mol. The smallest absolute Gasteiger partial charge is 0.103 e. The van der Waals surface area contributed by atoms with Gasteiger partial charge in [-0.2, -0.15) is 10.5 Å². The highest BCUT2D eigenvalue weighted by Gasteiger charge is 2.35. The largest absolute Gasteiger partial charge is 0.368 e. The van der Waals surface area contributed by atoms with Crippen LogP contribution in [0, 0.1) is 29.6 Å². The van der Waals surface area contributed by atoms with Crippen molar-refractivity contribution in [2.45, 2.75) is 25.1 Å². The molecule has 20 heavy (non-hydrogen) atoms. The van der Waals surface area contributed by atoms with Gasteiger partial charge in [0, 0.05) is 0 Å². The van der Waals surface area contributed by atoms with Crippen LogP contribution in [0.3, 0.4) is 0 Å². The van der Waals surface area contributed by atoms with E-state index in [1.54, 1.807) is 0 Å². The van der Waals surface area contributed by atoms with E-state index in [-0.39, 0.29) is 0 Å². The average molecular weight is 299 g/mol. The lowest BCUT2D eigenvalue weighted by molar-refractivity contribution is 0.606. The third kappa shape index (κ3) is 2.85. The summed E-state index contributed by atoms with van der Waals surface area (Å²) in [5, 5.41) is 21.6. The van der Waals surface area contributed by atoms with Gasteiger partial charge in [0.25, 0.3) is 0 Å². The molecule has 0 radical (unpaired) electrons. The zero-order valence-electron chi connectivity index (χ0n) is 11.2. The van der Waals surface area contributed by atoms with Gasteiger partial charge in [0.15, 0.2) is 0 Å². The Morgan fingerprint density at radius 2 is 1.95 bits per heavy atom. The number of thiocarbonyl (C=S) groups is 1. The highest BCUT2D eigenvalue weighted by Crippen LogP contribution is 2.38. The van der Waals surface area contributed by atoms with E-state index in [2.05, 4.69) is 17.5 Å². The van der Waals surface area contributed by atoms with Crippen molar-refractivity contribution in [3.05, 3.63) is 41.0 Å². The average Bonchev–Trinajstić information content (AvgIpc) is 2.39. The molecule has 0 fully saturated rings. The summed E-state index contributed by atoms with van der Waals surface area (Å²) in [6.45, 7) is 3.94. The van der Waals surface area contributed by atoms with Gasteiger partial charge < -0.3 is 5.32 Å². The Hall–Kier alpha value is -1.82. The molecule has 1 aliphatic rings. The van der Waals surface area contributed by atoms with E-state index in [1.807, 2.05) is 38.1 Å². The number of aryl methyl sites for hydroxylation is 1. The molecule has 1 atom stereocenters. The zero-order chi connectivity index (χ0) is 14.8. The lowest BCUT2D eigenvalue weighted by Crippen LogP contribution is -2.42. The fourth-order valence-electron chi connectivity index (χ4n) is 1.98. The van der Waals surface area contributed by atoms with E-state index in [0.29, 0.717) is 21.9 Å². The third-order valence-electron chi connectivity index (χ3n) is 3.03. The monoisotopic (exact) mass is 299 g/mol. The molecule has 1 aliphatic heterocycles. The van der Waals surface area contributed by atoms with Crippen molar-refractivity contribution in [2.24, 2.45) is 0 Å². The summed E-state index contributed by atoms with van der Waals surface area (Å²) < 4.78 is 0.541. The second kappa shape index (κ2) is 5.66. The van der Waals surface area contributed by atoms with E-state index >= 15 is 0 Å². The molecule has 3 nitrogen and oxygen atoms in total. The molecule has 0 spiro atoms. The standard InChI is InChI=1S/C15H13N3S2/c1-10-3-5-11(6-4-10)13-12(9-17)14(19)20-15(2,18-13)7-8-16/h3-6,18H,7H2,1-2H3. The van der Waals surface area contributed by atoms with Crippen LogP contribution in [0.4, 0.5) is 0 Å². The predicted octanol–water partition coefficient (Wildman–Crippen LogP) is 3.52. The van der Waals surface area contributed by atoms with Crippen LogP contribution in [0.2, 0.25) is 0 Å². The van der Waals surface area contributed by atoms with Gasteiger partial charge >= 0.3 is 0 Å². The van der Waals surface area contributed by atoms with Crippen molar-refractivity contribution >= 4 is 33.9 Å². The SMILES string of the molecule is Cc1ccc(C2=C(C#N)C(=S)SC(C)(CC#N)N2)cc1. The van der Waals surface area contributed by atoms with Gasteiger partial charge in [-0.1, -0.05) is 53.8 Å². The Balaban J connectivity index is 2.51. The maximum atomic E-state index is 9.33. The van der Waals surface area contributed by atoms with E-state index in [4.69, 9.17) is 17.5 Å². The fourth-order valence-corrected chi connectivity index (χ4v) is 3.63. The summed E-state index contributed by atoms with van der Waals surface area (Å²) in [6.07, 6.45) is 0.311. The normalized spacial score (nSPS) is 21.9. The van der Waals surface area contributed by atoms with Gasteiger partial charge in [-0.15, -0.1) is 0 Å². The van der Waals surface area contributed by atoms with E-state index in [1.165, 1.54) is 11.8 Å². The Morgan fingerprint density at radius 1 is 1.30 bits per heavy atom. The minimum atomic E-state index is -0.494. The van der Waals surface area contributed by atoms with Crippen LogP contribution < -0.4 is 5.32 Å². The van der Waals surface area contributed by atoms with Crippen LogP contribution >= 0.6 is 24.0 Å². The van der Waals surface area contributed by atoms with Gasteiger partial charge in [0.1, 0.15) is 11.6 Å². The third-order valence-corrected chi connectivity index (χ3v) is 4.57. The first kappa shape index (κ1) is 14.6. The summed E-state index contributed by atoms with van der Waals surface area (Å²) in [5.41, 5.74) is 3.26. The van der Waals surface area contributed by atoms with E-state index in [9.17, 15) is 5.26 Å². The molecular weight excluding hydrogens is 286 g/mol. The molecule has 1 N–H and O–H groups in total. The molecule has 0 bridgehead atoms. The van der Waals surface area contributed by atoms with Gasteiger partial charge in [-0.05, 0) is 19.4 Å². The topological polar surface area (TPSA) is 59.6 Å². The Bertz CT molecular complexity index is 662. The highest BCUT2D eigenvalue weighted by molar-refractivity contribution is 8.24. The molecule has 1 unspecified atom stereocenters. The van der Waals surface area contributed by atoms with Crippen LogP contribution in [-0.2, 0) is 0 Å². The van der Waals surface area contributed by atoms with Gasteiger partial charge in [-0.25, -0.2) is 0 Å². The van der Waals surface area contributed by atoms with Crippen molar-refractivity contribution in [3.63, 3.8) is 0 Å². The van der Waals surface area contributed by atoms with Crippen molar-refractivity contribution in [3.8, 4) is 12.1 Å². The summed E-state index contributed by atoms with van der Waals surface area (Å²) in [6, 6.07) is 12.2. The van der Waals surface area contributed by atoms with E-state index < -0.39 is 4.87 Å². The van der Waals surface area contributed by atoms with Gasteiger partial charge in [0.05, 0.1) is 27.3 Å². The summed E-state index contributed by atoms with van der Waals surface area (Å²) in [5.74, 6) is 0. The Kier molecular flexibility index (Phi) is 4.13. The number of nitriles is 2. The second-order valence-electron chi connectivity index (χ2n) is 4.81. The Labute approximate surface area is 128 Å². The van der Waals surface area contributed by atoms with Crippen LogP contribution in [0.25, 0.3) is 5.70 Å². The quantitative estimate of drug-likeness (QED) is 0.847. The number of thioether (sulfide) groups is 1. The summed E-state index contributed by atoms with van der Waals surface area (Å²) >= 11 is 6.69. The van der Waals surface area contributed by atoms with Crippen LogP contribution in [0.15, 0.2) is 29.8 Å². The molecule has 0 aliphatic carbocycles. The van der Waals surface area contributed by atoms with Crippen LogP contribution in [0.1, 0.15) is 24.5 Å². The number of nitrogens with zero attached hydrogens (tertiary/aromatic N) is 2. The molecule has 5 heteroatoms. The first-order valence-corrected chi connectivity index (χ1v) is 7.31. The van der Waals surface area contributed by atoms with Crippen molar-refractivity contribution < 1.29 is 0 Å². The molecule has 0 saturated heterocycles. The zero-order valence-corrected chi connectivity index (χ0v) is 12.9. The minimum Gasteiger partial charge on any atom is -0.368 e. The summed E-state index contributed by atoms with van der Waals surface area (Å²) in [7, 11) is 0. The molecule has 1 heterocycles. The van der Waals surface area contributed by atoms with Crippen LogP contribution in [0.5, 0.6) is 0 Å². The molecular formula is C15H13N3S2. The highest BCUT2D eigenvalue weighted by atomic mass is 32.2. The molecule has 100 valence electrons. The number of hydrogen-bond donors (Lipinski definition) is 1. The summed E-state index contributed by atoms with van der Waals surface area (Å²) in [4.78, 5) is -0.494.